The molecule has 184 valence electrons. The van der Waals surface area contributed by atoms with Crippen LogP contribution in [0, 0.1) is 5.82 Å². The van der Waals surface area contributed by atoms with Crippen LogP contribution in [-0.4, -0.2) is 78.4 Å². The van der Waals surface area contributed by atoms with Gasteiger partial charge in [-0.3, -0.25) is 4.90 Å². The van der Waals surface area contributed by atoms with E-state index in [9.17, 15) is 9.18 Å². The molecule has 1 spiro atoms. The van der Waals surface area contributed by atoms with Crippen LogP contribution in [0.2, 0.25) is 5.02 Å². The fourth-order valence-electron chi connectivity index (χ4n) is 4.52. The van der Waals surface area contributed by atoms with E-state index in [1.807, 2.05) is 0 Å². The van der Waals surface area contributed by atoms with E-state index in [4.69, 9.17) is 25.8 Å². The summed E-state index contributed by atoms with van der Waals surface area (Å²) < 4.78 is 31.4. The van der Waals surface area contributed by atoms with E-state index >= 15 is 0 Å². The number of fused-ring (bicyclic) bond motifs is 1. The number of carbonyl (C=O) groups excluding carboxylic acids is 1. The predicted octanol–water partition coefficient (Wildman–Crippen LogP) is 4.08. The summed E-state index contributed by atoms with van der Waals surface area (Å²) in [4.78, 5) is 24.1. The summed E-state index contributed by atoms with van der Waals surface area (Å²) >= 11 is 5.91. The number of nitrogens with zero attached hydrogens (tertiary/aromatic N) is 4. The number of hydrogen-bond donors (Lipinski definition) is 1. The lowest BCUT2D eigenvalue weighted by Crippen LogP contribution is -2.63. The highest BCUT2D eigenvalue weighted by molar-refractivity contribution is 6.31. The maximum Gasteiger partial charge on any atom is 0.410 e. The number of likely N-dealkylation sites (tertiary alicyclic amines) is 1. The largest absolute Gasteiger partial charge is 0.493 e. The van der Waals surface area contributed by atoms with Crippen LogP contribution in [0.5, 0.6) is 11.5 Å². The van der Waals surface area contributed by atoms with Crippen molar-refractivity contribution in [1.82, 2.24) is 19.8 Å². The lowest BCUT2D eigenvalue weighted by atomic mass is 9.94. The molecule has 2 saturated heterocycles. The van der Waals surface area contributed by atoms with Crippen LogP contribution in [0.15, 0.2) is 36.7 Å². The average molecular weight is 502 g/mol. The molecule has 35 heavy (non-hydrogen) atoms. The van der Waals surface area contributed by atoms with Gasteiger partial charge in [-0.1, -0.05) is 17.7 Å². The van der Waals surface area contributed by atoms with Crippen molar-refractivity contribution in [3.63, 3.8) is 0 Å². The molecule has 0 aliphatic carbocycles. The second-order valence-corrected chi connectivity index (χ2v) is 9.20. The van der Waals surface area contributed by atoms with Crippen molar-refractivity contribution in [2.75, 3.05) is 52.3 Å². The number of likely N-dealkylation sites (N-methyl/N-ethyl adjacent to an activating group) is 1. The molecule has 1 N–H and O–H groups in total. The Hall–Kier alpha value is -3.37. The van der Waals surface area contributed by atoms with Crippen LogP contribution in [0.4, 0.5) is 20.7 Å². The number of benzene rings is 2. The monoisotopic (exact) mass is 501 g/mol. The van der Waals surface area contributed by atoms with Crippen LogP contribution < -0.4 is 14.8 Å². The van der Waals surface area contributed by atoms with Crippen molar-refractivity contribution in [2.45, 2.75) is 12.0 Å². The van der Waals surface area contributed by atoms with Crippen molar-refractivity contribution in [3.05, 3.63) is 47.5 Å². The van der Waals surface area contributed by atoms with E-state index < -0.39 is 5.82 Å². The summed E-state index contributed by atoms with van der Waals surface area (Å²) in [7, 11) is 3.32. The molecule has 0 unspecified atom stereocenters. The zero-order chi connectivity index (χ0) is 24.6. The Morgan fingerprint density at radius 1 is 1.23 bits per heavy atom. The normalized spacial score (nSPS) is 16.9. The summed E-state index contributed by atoms with van der Waals surface area (Å²) in [5.41, 5.74) is 0.471. The van der Waals surface area contributed by atoms with Gasteiger partial charge in [0.05, 0.1) is 36.5 Å². The van der Waals surface area contributed by atoms with E-state index in [0.717, 1.165) is 26.1 Å². The molecule has 2 aromatic carbocycles. The molecule has 11 heteroatoms. The van der Waals surface area contributed by atoms with Crippen molar-refractivity contribution in [3.8, 4) is 11.5 Å². The molecule has 2 aliphatic rings. The lowest BCUT2D eigenvalue weighted by molar-refractivity contribution is -0.0742. The number of aromatic nitrogens is 2. The standard InChI is InChI=1S/C24H25ClFN5O4/c1-30-11-24(35-23(30)32)12-31(13-24)7-4-8-34-20-9-15-18(10-19(20)33-2)27-14-28-22(15)29-17-6-3-5-16(25)21(17)26/h3,5-6,9-10,14H,4,7-8,11-13H2,1-2H3,(H,27,28,29). The fraction of sp³-hybridized carbons (Fsp3) is 0.375. The van der Waals surface area contributed by atoms with Gasteiger partial charge in [0.2, 0.25) is 0 Å². The minimum Gasteiger partial charge on any atom is -0.493 e. The Morgan fingerprint density at radius 3 is 2.80 bits per heavy atom. The third kappa shape index (κ3) is 4.63. The van der Waals surface area contributed by atoms with Gasteiger partial charge < -0.3 is 24.4 Å². The van der Waals surface area contributed by atoms with E-state index in [-0.39, 0.29) is 22.4 Å². The Labute approximate surface area is 206 Å². The zero-order valence-electron chi connectivity index (χ0n) is 19.4. The molecule has 0 saturated carbocycles. The third-order valence-electron chi connectivity index (χ3n) is 6.17. The zero-order valence-corrected chi connectivity index (χ0v) is 20.1. The van der Waals surface area contributed by atoms with Crippen LogP contribution in [0.25, 0.3) is 10.9 Å². The van der Waals surface area contributed by atoms with Crippen LogP contribution in [0.3, 0.4) is 0 Å². The first-order valence-electron chi connectivity index (χ1n) is 11.2. The van der Waals surface area contributed by atoms with Gasteiger partial charge in [0, 0.05) is 38.1 Å². The maximum atomic E-state index is 14.4. The molecule has 5 rings (SSSR count). The van der Waals surface area contributed by atoms with Gasteiger partial charge in [-0.2, -0.15) is 0 Å². The Kier molecular flexibility index (Phi) is 6.24. The number of anilines is 2. The van der Waals surface area contributed by atoms with Gasteiger partial charge in [0.25, 0.3) is 0 Å². The van der Waals surface area contributed by atoms with Crippen molar-refractivity contribution < 1.29 is 23.4 Å². The topological polar surface area (TPSA) is 89.1 Å². The molecule has 3 aromatic rings. The molecule has 0 bridgehead atoms. The second kappa shape index (κ2) is 9.35. The smallest absolute Gasteiger partial charge is 0.410 e. The molecule has 0 radical (unpaired) electrons. The third-order valence-corrected chi connectivity index (χ3v) is 6.46. The fourth-order valence-corrected chi connectivity index (χ4v) is 4.69. The van der Waals surface area contributed by atoms with Gasteiger partial charge in [0.15, 0.2) is 22.9 Å². The van der Waals surface area contributed by atoms with E-state index in [2.05, 4.69) is 20.2 Å². The van der Waals surface area contributed by atoms with Crippen LogP contribution in [0.1, 0.15) is 6.42 Å². The van der Waals surface area contributed by atoms with Gasteiger partial charge >= 0.3 is 6.09 Å². The van der Waals surface area contributed by atoms with Crippen molar-refractivity contribution in [1.29, 1.82) is 0 Å². The number of methoxy groups -OCH3 is 1. The molecule has 9 nitrogen and oxygen atoms in total. The van der Waals surface area contributed by atoms with Gasteiger partial charge in [-0.25, -0.2) is 19.2 Å². The number of rotatable bonds is 8. The van der Waals surface area contributed by atoms with Gasteiger partial charge in [-0.05, 0) is 24.6 Å². The predicted molar refractivity (Wildman–Crippen MR) is 129 cm³/mol. The number of ether oxygens (including phenoxy) is 3. The van der Waals surface area contributed by atoms with Crippen molar-refractivity contribution in [2.24, 2.45) is 0 Å². The van der Waals surface area contributed by atoms with Crippen molar-refractivity contribution >= 4 is 40.1 Å². The molecule has 1 aromatic heterocycles. The Bertz CT molecular complexity index is 1270. The Morgan fingerprint density at radius 2 is 2.06 bits per heavy atom. The highest BCUT2D eigenvalue weighted by atomic mass is 35.5. The molecule has 1 amide bonds. The van der Waals surface area contributed by atoms with Gasteiger partial charge in [0.1, 0.15) is 12.1 Å². The SMILES string of the molecule is COc1cc2ncnc(Nc3cccc(Cl)c3F)c2cc1OCCCN1CC2(C1)CN(C)C(=O)O2. The highest BCUT2D eigenvalue weighted by Gasteiger charge is 2.52. The van der Waals surface area contributed by atoms with E-state index in [1.165, 1.54) is 12.4 Å². The van der Waals surface area contributed by atoms with E-state index in [1.54, 1.807) is 43.3 Å². The van der Waals surface area contributed by atoms with E-state index in [0.29, 0.717) is 41.4 Å². The summed E-state index contributed by atoms with van der Waals surface area (Å²) in [6.45, 7) is 3.38. The number of nitrogens with one attached hydrogen (secondary N) is 1. The van der Waals surface area contributed by atoms with Gasteiger partial charge in [-0.15, -0.1) is 0 Å². The maximum absolute atomic E-state index is 14.4. The first-order valence-corrected chi connectivity index (χ1v) is 11.6. The summed E-state index contributed by atoms with van der Waals surface area (Å²) in [6.07, 6.45) is 1.92. The number of hydrogen-bond acceptors (Lipinski definition) is 8. The second-order valence-electron chi connectivity index (χ2n) is 8.79. The quantitative estimate of drug-likeness (QED) is 0.462. The minimum absolute atomic E-state index is 0.0188. The first-order chi connectivity index (χ1) is 16.9. The average Bonchev–Trinajstić information content (AvgIpc) is 3.13. The number of carbonyl (C=O) groups is 1. The summed E-state index contributed by atoms with van der Waals surface area (Å²) in [5.74, 6) is 0.944. The molecule has 2 aliphatic heterocycles. The summed E-state index contributed by atoms with van der Waals surface area (Å²) in [5, 5.41) is 3.67. The molecule has 3 heterocycles. The molecule has 0 atom stereocenters. The lowest BCUT2D eigenvalue weighted by Gasteiger charge is -2.45. The van der Waals surface area contributed by atoms with Crippen LogP contribution >= 0.6 is 11.6 Å². The number of amides is 1. The number of halogens is 2. The minimum atomic E-state index is -0.558. The Balaban J connectivity index is 1.24. The summed E-state index contributed by atoms with van der Waals surface area (Å²) in [6, 6.07) is 8.27. The molecular weight excluding hydrogens is 477 g/mol. The van der Waals surface area contributed by atoms with Crippen LogP contribution in [-0.2, 0) is 4.74 Å². The first kappa shape index (κ1) is 23.4. The highest BCUT2D eigenvalue weighted by Crippen LogP contribution is 2.36. The molecule has 2 fully saturated rings. The molecular formula is C24H25ClFN5O4.